The van der Waals surface area contributed by atoms with Crippen LogP contribution in [-0.2, 0) is 9.47 Å². The first-order valence-corrected chi connectivity index (χ1v) is 11.1. The Morgan fingerprint density at radius 3 is 1.31 bits per heavy atom. The number of carbonyl (C=O) groups excluding carboxylic acids is 2. The number of hydrogen-bond acceptors (Lipinski definition) is 6. The van der Waals surface area contributed by atoms with Gasteiger partial charge in [-0.3, -0.25) is 0 Å². The van der Waals surface area contributed by atoms with Gasteiger partial charge in [-0.25, -0.2) is 18.4 Å². The van der Waals surface area contributed by atoms with Crippen LogP contribution in [0.5, 0.6) is 0 Å². The number of hydrogen-bond donors (Lipinski definition) is 2. The SMILES string of the molecule is CC(C)(C)OC(=O)N1C[C@@H](F)C[C@H](CO)C1.CC(C)(C)OC(=O)N1C[C@H](F)C[C@@H](CO)C1. The van der Waals surface area contributed by atoms with E-state index in [-0.39, 0.29) is 38.1 Å². The van der Waals surface area contributed by atoms with Gasteiger partial charge in [0.05, 0.1) is 13.1 Å². The average Bonchev–Trinajstić information content (AvgIpc) is 2.64. The predicted octanol–water partition coefficient (Wildman–Crippen LogP) is 3.15. The fraction of sp³-hybridized carbons (Fsp3) is 0.909. The largest absolute Gasteiger partial charge is 0.444 e. The number of likely N-dealkylation sites (tertiary alicyclic amines) is 2. The Bertz CT molecular complexity index is 556. The maximum Gasteiger partial charge on any atom is 0.410 e. The molecule has 8 nitrogen and oxygen atoms in total. The van der Waals surface area contributed by atoms with Crippen molar-refractivity contribution in [2.75, 3.05) is 39.4 Å². The Morgan fingerprint density at radius 2 is 1.06 bits per heavy atom. The quantitative estimate of drug-likeness (QED) is 0.649. The van der Waals surface area contributed by atoms with Crippen LogP contribution in [0.15, 0.2) is 0 Å². The molecular weight excluding hydrogens is 426 g/mol. The molecule has 0 aliphatic carbocycles. The molecule has 0 saturated carbocycles. The number of nitrogens with zero attached hydrogens (tertiary/aromatic N) is 2. The number of rotatable bonds is 2. The molecule has 0 radical (unpaired) electrons. The van der Waals surface area contributed by atoms with Crippen LogP contribution in [0.4, 0.5) is 18.4 Å². The summed E-state index contributed by atoms with van der Waals surface area (Å²) < 4.78 is 36.9. The van der Waals surface area contributed by atoms with Gasteiger partial charge in [0.2, 0.25) is 0 Å². The van der Waals surface area contributed by atoms with E-state index in [1.165, 1.54) is 9.80 Å². The van der Waals surface area contributed by atoms with Crippen LogP contribution in [0.1, 0.15) is 54.4 Å². The first-order chi connectivity index (χ1) is 14.6. The van der Waals surface area contributed by atoms with Gasteiger partial charge in [0.25, 0.3) is 0 Å². The summed E-state index contributed by atoms with van der Waals surface area (Å²) in [7, 11) is 0. The lowest BCUT2D eigenvalue weighted by atomic mass is 9.98. The highest BCUT2D eigenvalue weighted by molar-refractivity contribution is 5.68. The molecule has 2 N–H and O–H groups in total. The molecule has 2 rings (SSSR count). The van der Waals surface area contributed by atoms with Crippen LogP contribution < -0.4 is 0 Å². The van der Waals surface area contributed by atoms with E-state index in [4.69, 9.17) is 19.7 Å². The molecule has 0 aromatic rings. The van der Waals surface area contributed by atoms with E-state index >= 15 is 0 Å². The summed E-state index contributed by atoms with van der Waals surface area (Å²) in [5.74, 6) is -0.368. The van der Waals surface area contributed by atoms with Crippen LogP contribution in [0, 0.1) is 11.8 Å². The number of alkyl halides is 2. The van der Waals surface area contributed by atoms with Gasteiger partial charge in [-0.15, -0.1) is 0 Å². The zero-order valence-corrected chi connectivity index (χ0v) is 20.1. The normalized spacial score (nSPS) is 26.7. The average molecular weight is 467 g/mol. The van der Waals surface area contributed by atoms with Crippen LogP contribution in [0.2, 0.25) is 0 Å². The highest BCUT2D eigenvalue weighted by Crippen LogP contribution is 2.22. The van der Waals surface area contributed by atoms with Crippen molar-refractivity contribution in [1.29, 1.82) is 0 Å². The minimum absolute atomic E-state index is 0.0609. The second-order valence-corrected chi connectivity index (χ2v) is 10.5. The van der Waals surface area contributed by atoms with Gasteiger partial charge >= 0.3 is 12.2 Å². The summed E-state index contributed by atoms with van der Waals surface area (Å²) in [4.78, 5) is 26.0. The molecule has 2 aliphatic rings. The van der Waals surface area contributed by atoms with Crippen molar-refractivity contribution in [2.45, 2.75) is 77.9 Å². The molecule has 4 atom stereocenters. The smallest absolute Gasteiger partial charge is 0.410 e. The number of aliphatic hydroxyl groups is 2. The van der Waals surface area contributed by atoms with E-state index in [1.807, 2.05) is 0 Å². The summed E-state index contributed by atoms with van der Waals surface area (Å²) in [6.07, 6.45) is -2.52. The summed E-state index contributed by atoms with van der Waals surface area (Å²) in [6, 6.07) is 0. The lowest BCUT2D eigenvalue weighted by Crippen LogP contribution is -2.47. The number of amides is 2. The molecule has 10 heteroatoms. The lowest BCUT2D eigenvalue weighted by molar-refractivity contribution is 0.0000745. The van der Waals surface area contributed by atoms with Gasteiger partial charge in [0.15, 0.2) is 0 Å². The minimum Gasteiger partial charge on any atom is -0.444 e. The van der Waals surface area contributed by atoms with Crippen LogP contribution in [0.3, 0.4) is 0 Å². The molecule has 2 fully saturated rings. The molecule has 0 unspecified atom stereocenters. The zero-order chi connectivity index (χ0) is 24.7. The van der Waals surface area contributed by atoms with Crippen molar-refractivity contribution in [3.8, 4) is 0 Å². The highest BCUT2D eigenvalue weighted by Gasteiger charge is 2.33. The van der Waals surface area contributed by atoms with Gasteiger partial charge in [0, 0.05) is 38.1 Å². The molecule has 2 amide bonds. The number of halogens is 2. The number of aliphatic hydroxyl groups excluding tert-OH is 2. The Labute approximate surface area is 189 Å². The second-order valence-electron chi connectivity index (χ2n) is 10.5. The molecule has 0 bridgehead atoms. The summed E-state index contributed by atoms with van der Waals surface area (Å²) in [6.45, 7) is 11.3. The van der Waals surface area contributed by atoms with Crippen LogP contribution in [-0.4, -0.2) is 95.1 Å². The molecule has 0 spiro atoms. The third kappa shape index (κ3) is 10.8. The van der Waals surface area contributed by atoms with Gasteiger partial charge < -0.3 is 29.5 Å². The van der Waals surface area contributed by atoms with E-state index < -0.39 is 35.7 Å². The monoisotopic (exact) mass is 466 g/mol. The summed E-state index contributed by atoms with van der Waals surface area (Å²) in [5.41, 5.74) is -1.15. The molecule has 188 valence electrons. The maximum atomic E-state index is 13.3. The van der Waals surface area contributed by atoms with E-state index in [0.29, 0.717) is 25.9 Å². The van der Waals surface area contributed by atoms with Crippen molar-refractivity contribution in [3.05, 3.63) is 0 Å². The fourth-order valence-electron chi connectivity index (χ4n) is 3.49. The van der Waals surface area contributed by atoms with E-state index in [0.717, 1.165) is 0 Å². The predicted molar refractivity (Wildman–Crippen MR) is 116 cm³/mol. The standard InChI is InChI=1S/2C11H20FNO3/c2*1-11(2,3)16-10(15)13-5-8(7-14)4-9(12)6-13/h2*8-9,14H,4-7H2,1-3H3/t2*8-,9-/m10/s1. The van der Waals surface area contributed by atoms with Crippen molar-refractivity contribution in [3.63, 3.8) is 0 Å². The number of carbonyl (C=O) groups is 2. The van der Waals surface area contributed by atoms with Crippen molar-refractivity contribution >= 4 is 12.2 Å². The molecule has 0 aromatic heterocycles. The minimum atomic E-state index is -1.07. The molecule has 2 heterocycles. The topological polar surface area (TPSA) is 99.5 Å². The lowest BCUT2D eigenvalue weighted by Gasteiger charge is -2.35. The Balaban J connectivity index is 0.000000320. The van der Waals surface area contributed by atoms with Crippen LogP contribution in [0.25, 0.3) is 0 Å². The van der Waals surface area contributed by atoms with E-state index in [2.05, 4.69) is 0 Å². The zero-order valence-electron chi connectivity index (χ0n) is 20.1. The van der Waals surface area contributed by atoms with Crippen LogP contribution >= 0.6 is 0 Å². The third-order valence-corrected chi connectivity index (χ3v) is 4.79. The second kappa shape index (κ2) is 12.0. The van der Waals surface area contributed by atoms with Crippen molar-refractivity contribution in [1.82, 2.24) is 9.80 Å². The highest BCUT2D eigenvalue weighted by atomic mass is 19.1. The van der Waals surface area contributed by atoms with Gasteiger partial charge in [0.1, 0.15) is 23.5 Å². The van der Waals surface area contributed by atoms with E-state index in [1.54, 1.807) is 41.5 Å². The van der Waals surface area contributed by atoms with Crippen molar-refractivity contribution < 1.29 is 38.1 Å². The first kappa shape index (κ1) is 28.4. The fourth-order valence-corrected chi connectivity index (χ4v) is 3.49. The number of piperidine rings is 2. The Hall–Kier alpha value is -1.68. The summed E-state index contributed by atoms with van der Waals surface area (Å²) in [5, 5.41) is 18.0. The number of ether oxygens (including phenoxy) is 2. The third-order valence-electron chi connectivity index (χ3n) is 4.79. The molecule has 32 heavy (non-hydrogen) atoms. The van der Waals surface area contributed by atoms with Gasteiger partial charge in [-0.1, -0.05) is 0 Å². The summed E-state index contributed by atoms with van der Waals surface area (Å²) >= 11 is 0. The Kier molecular flexibility index (Phi) is 10.6. The molecule has 2 saturated heterocycles. The molecule has 0 aromatic carbocycles. The van der Waals surface area contributed by atoms with Gasteiger partial charge in [-0.2, -0.15) is 0 Å². The molecule has 2 aliphatic heterocycles. The van der Waals surface area contributed by atoms with Crippen molar-refractivity contribution in [2.24, 2.45) is 11.8 Å². The molecular formula is C22H40F2N2O6. The maximum absolute atomic E-state index is 13.3. The Morgan fingerprint density at radius 1 is 0.750 bits per heavy atom. The first-order valence-electron chi connectivity index (χ1n) is 11.1. The van der Waals surface area contributed by atoms with E-state index in [9.17, 15) is 18.4 Å². The van der Waals surface area contributed by atoms with Gasteiger partial charge in [-0.05, 0) is 54.4 Å².